The van der Waals surface area contributed by atoms with Gasteiger partial charge in [-0.05, 0) is 30.7 Å². The van der Waals surface area contributed by atoms with Crippen molar-refractivity contribution in [1.29, 1.82) is 0 Å². The van der Waals surface area contributed by atoms with Gasteiger partial charge in [-0.3, -0.25) is 9.67 Å². The van der Waals surface area contributed by atoms with E-state index in [2.05, 4.69) is 20.1 Å². The molecule has 0 aliphatic heterocycles. The second-order valence-corrected chi connectivity index (χ2v) is 6.95. The van der Waals surface area contributed by atoms with Crippen molar-refractivity contribution in [3.05, 3.63) is 72.1 Å². The summed E-state index contributed by atoms with van der Waals surface area (Å²) in [5, 5.41) is 11.4. The molecular formula is C21H15F6N5O2. The molecule has 34 heavy (non-hydrogen) atoms. The van der Waals surface area contributed by atoms with Gasteiger partial charge in [0.05, 0.1) is 23.8 Å². The first-order valence-electron chi connectivity index (χ1n) is 9.41. The number of carbonyl (C=O) groups is 1. The summed E-state index contributed by atoms with van der Waals surface area (Å²) in [5.74, 6) is -2.08. The lowest BCUT2D eigenvalue weighted by atomic mass is 10.0. The molecule has 1 N–H and O–H groups in total. The Bertz CT molecular complexity index is 1300. The number of hydrogen-bond acceptors (Lipinski definition) is 5. The van der Waals surface area contributed by atoms with E-state index in [0.717, 1.165) is 23.2 Å². The first-order chi connectivity index (χ1) is 15.8. The third kappa shape index (κ3) is 6.05. The number of aryl methyl sites for hydroxylation is 1. The first-order valence-corrected chi connectivity index (χ1v) is 9.41. The molecular weight excluding hydrogens is 468 g/mol. The molecule has 0 saturated heterocycles. The van der Waals surface area contributed by atoms with E-state index in [1.54, 1.807) is 48.5 Å². The van der Waals surface area contributed by atoms with Gasteiger partial charge < -0.3 is 5.11 Å². The van der Waals surface area contributed by atoms with Crippen molar-refractivity contribution >= 4 is 17.0 Å². The van der Waals surface area contributed by atoms with Crippen LogP contribution in [-0.2, 0) is 17.5 Å². The zero-order chi connectivity index (χ0) is 25.1. The van der Waals surface area contributed by atoms with Gasteiger partial charge in [-0.1, -0.05) is 12.1 Å². The van der Waals surface area contributed by atoms with Gasteiger partial charge in [0.2, 0.25) is 0 Å². The average molecular weight is 483 g/mol. The van der Waals surface area contributed by atoms with Crippen LogP contribution in [0.1, 0.15) is 17.0 Å². The Kier molecular flexibility index (Phi) is 6.84. The van der Waals surface area contributed by atoms with E-state index >= 15 is 0 Å². The fourth-order valence-corrected chi connectivity index (χ4v) is 2.79. The van der Waals surface area contributed by atoms with E-state index in [1.165, 1.54) is 6.07 Å². The van der Waals surface area contributed by atoms with Crippen LogP contribution in [0.25, 0.3) is 22.2 Å². The number of hydrogen-bond donors (Lipinski definition) is 1. The molecule has 0 aliphatic carbocycles. The topological polar surface area (TPSA) is 93.8 Å². The summed E-state index contributed by atoms with van der Waals surface area (Å²) in [6.45, 7) is 2.25. The second-order valence-electron chi connectivity index (χ2n) is 6.95. The van der Waals surface area contributed by atoms with Crippen molar-refractivity contribution < 1.29 is 36.2 Å². The number of halogens is 6. The predicted octanol–water partition coefficient (Wildman–Crippen LogP) is 4.90. The lowest BCUT2D eigenvalue weighted by Crippen LogP contribution is -2.21. The van der Waals surface area contributed by atoms with Crippen LogP contribution in [-0.4, -0.2) is 42.0 Å². The number of alkyl halides is 6. The Morgan fingerprint density at radius 1 is 0.941 bits per heavy atom. The van der Waals surface area contributed by atoms with Gasteiger partial charge in [-0.25, -0.2) is 14.8 Å². The fourth-order valence-electron chi connectivity index (χ4n) is 2.79. The summed E-state index contributed by atoms with van der Waals surface area (Å²) in [4.78, 5) is 21.6. The van der Waals surface area contributed by atoms with Crippen molar-refractivity contribution in [2.75, 3.05) is 0 Å². The van der Waals surface area contributed by atoms with Gasteiger partial charge in [0.1, 0.15) is 11.3 Å². The van der Waals surface area contributed by atoms with E-state index < -0.39 is 23.9 Å². The Morgan fingerprint density at radius 2 is 1.59 bits per heavy atom. The summed E-state index contributed by atoms with van der Waals surface area (Å²) in [5.41, 5.74) is 2.62. The van der Waals surface area contributed by atoms with Gasteiger partial charge in [-0.15, -0.1) is 0 Å². The van der Waals surface area contributed by atoms with E-state index in [9.17, 15) is 26.3 Å². The molecule has 0 radical (unpaired) electrons. The van der Waals surface area contributed by atoms with Crippen LogP contribution in [0.5, 0.6) is 0 Å². The van der Waals surface area contributed by atoms with E-state index in [-0.39, 0.29) is 0 Å². The quantitative estimate of drug-likeness (QED) is 0.417. The Balaban J connectivity index is 0.000000406. The monoisotopic (exact) mass is 483 g/mol. The predicted molar refractivity (Wildman–Crippen MR) is 108 cm³/mol. The Morgan fingerprint density at radius 3 is 2.18 bits per heavy atom. The Hall–Kier alpha value is -4.03. The van der Waals surface area contributed by atoms with Crippen molar-refractivity contribution in [2.45, 2.75) is 25.8 Å². The largest absolute Gasteiger partial charge is 0.490 e. The zero-order valence-corrected chi connectivity index (χ0v) is 17.3. The standard InChI is InChI=1S/C19H14F3N5.C2HF3O2/c1-12-23-7-13(8-24-12)11-27-18-6-15(9-25-17(18)10-26-27)14-3-2-4-16(5-14)19(20,21)22;3-2(4,5)1(6)7/h2-10H,11H2,1H3;(H,6,7). The van der Waals surface area contributed by atoms with Gasteiger partial charge in [0.15, 0.2) is 0 Å². The molecule has 0 bridgehead atoms. The number of aliphatic carboxylic acids is 1. The maximum absolute atomic E-state index is 13.0. The highest BCUT2D eigenvalue weighted by molar-refractivity contribution is 5.80. The smallest absolute Gasteiger partial charge is 0.475 e. The Labute approximate surface area is 187 Å². The number of nitrogens with zero attached hydrogens (tertiary/aromatic N) is 5. The molecule has 13 heteroatoms. The highest BCUT2D eigenvalue weighted by atomic mass is 19.4. The molecule has 0 spiro atoms. The van der Waals surface area contributed by atoms with Gasteiger partial charge in [0, 0.05) is 29.7 Å². The van der Waals surface area contributed by atoms with Crippen LogP contribution in [0.3, 0.4) is 0 Å². The highest BCUT2D eigenvalue weighted by Gasteiger charge is 2.38. The molecule has 178 valence electrons. The van der Waals surface area contributed by atoms with Crippen LogP contribution in [0, 0.1) is 6.92 Å². The molecule has 0 fully saturated rings. The molecule has 3 aromatic heterocycles. The number of rotatable bonds is 3. The van der Waals surface area contributed by atoms with Crippen molar-refractivity contribution in [2.24, 2.45) is 0 Å². The average Bonchev–Trinajstić information content (AvgIpc) is 3.16. The number of pyridine rings is 1. The minimum absolute atomic E-state index is 0.442. The number of aromatic nitrogens is 5. The van der Waals surface area contributed by atoms with Crippen molar-refractivity contribution in [3.8, 4) is 11.1 Å². The van der Waals surface area contributed by atoms with Crippen LogP contribution in [0.15, 0.2) is 55.1 Å². The number of carboxylic acid groups (broad SMARTS) is 1. The molecule has 4 aromatic rings. The minimum Gasteiger partial charge on any atom is -0.475 e. The molecule has 7 nitrogen and oxygen atoms in total. The SMILES string of the molecule is Cc1ncc(Cn2ncc3ncc(-c4cccc(C(F)(F)F)c4)cc32)cn1.O=C(O)C(F)(F)F. The van der Waals surface area contributed by atoms with Gasteiger partial charge in [-0.2, -0.15) is 31.4 Å². The molecule has 3 heterocycles. The third-order valence-electron chi connectivity index (χ3n) is 4.43. The lowest BCUT2D eigenvalue weighted by molar-refractivity contribution is -0.192. The van der Waals surface area contributed by atoms with Crippen molar-refractivity contribution in [3.63, 3.8) is 0 Å². The summed E-state index contributed by atoms with van der Waals surface area (Å²) >= 11 is 0. The summed E-state index contributed by atoms with van der Waals surface area (Å²) in [6.07, 6.45) is -2.85. The molecule has 4 rings (SSSR count). The van der Waals surface area contributed by atoms with Crippen molar-refractivity contribution in [1.82, 2.24) is 24.7 Å². The maximum Gasteiger partial charge on any atom is 0.490 e. The molecule has 0 unspecified atom stereocenters. The van der Waals surface area contributed by atoms with Crippen LogP contribution in [0.2, 0.25) is 0 Å². The number of fused-ring (bicyclic) bond motifs is 1. The lowest BCUT2D eigenvalue weighted by Gasteiger charge is -2.09. The number of carboxylic acids is 1. The minimum atomic E-state index is -5.08. The summed E-state index contributed by atoms with van der Waals surface area (Å²) in [6, 6.07) is 6.99. The van der Waals surface area contributed by atoms with Crippen LogP contribution >= 0.6 is 0 Å². The van der Waals surface area contributed by atoms with Gasteiger partial charge in [0.25, 0.3) is 0 Å². The van der Waals surface area contributed by atoms with Gasteiger partial charge >= 0.3 is 18.3 Å². The second kappa shape index (κ2) is 9.45. The molecule has 0 amide bonds. The molecule has 0 atom stereocenters. The molecule has 1 aromatic carbocycles. The fraction of sp³-hybridized carbons (Fsp3) is 0.190. The zero-order valence-electron chi connectivity index (χ0n) is 17.3. The molecule has 0 aliphatic rings. The van der Waals surface area contributed by atoms with E-state index in [1.807, 2.05) is 0 Å². The van der Waals surface area contributed by atoms with E-state index in [0.29, 0.717) is 29.0 Å². The van der Waals surface area contributed by atoms with Crippen LogP contribution < -0.4 is 0 Å². The first kappa shape index (κ1) is 24.6. The van der Waals surface area contributed by atoms with Crippen LogP contribution in [0.4, 0.5) is 26.3 Å². The third-order valence-corrected chi connectivity index (χ3v) is 4.43. The maximum atomic E-state index is 13.0. The highest BCUT2D eigenvalue weighted by Crippen LogP contribution is 2.32. The number of benzene rings is 1. The summed E-state index contributed by atoms with van der Waals surface area (Å²) < 4.78 is 72.4. The summed E-state index contributed by atoms with van der Waals surface area (Å²) in [7, 11) is 0. The normalized spacial score (nSPS) is 11.7. The molecule has 0 saturated carbocycles. The van der Waals surface area contributed by atoms with E-state index in [4.69, 9.17) is 9.90 Å².